The second kappa shape index (κ2) is 6.61. The molecule has 22 heavy (non-hydrogen) atoms. The van der Waals surface area contributed by atoms with E-state index in [1.54, 1.807) is 0 Å². The molecule has 6 nitrogen and oxygen atoms in total. The number of rotatable bonds is 5. The van der Waals surface area contributed by atoms with Gasteiger partial charge in [0.2, 0.25) is 5.75 Å². The van der Waals surface area contributed by atoms with Crippen LogP contribution in [-0.2, 0) is 4.79 Å². The van der Waals surface area contributed by atoms with Gasteiger partial charge in [-0.05, 0) is 18.2 Å². The Balaban J connectivity index is 2.03. The van der Waals surface area contributed by atoms with E-state index in [9.17, 15) is 23.7 Å². The van der Waals surface area contributed by atoms with E-state index in [1.165, 1.54) is 18.2 Å². The molecular formula is C14H9F2NO5. The summed E-state index contributed by atoms with van der Waals surface area (Å²) in [4.78, 5) is 21.5. The van der Waals surface area contributed by atoms with E-state index in [0.29, 0.717) is 0 Å². The molecule has 0 fully saturated rings. The Morgan fingerprint density at radius 2 is 1.86 bits per heavy atom. The molecule has 2 aromatic carbocycles. The van der Waals surface area contributed by atoms with Crippen molar-refractivity contribution in [1.82, 2.24) is 0 Å². The van der Waals surface area contributed by atoms with Crippen LogP contribution in [0, 0.1) is 21.7 Å². The quantitative estimate of drug-likeness (QED) is 0.367. The van der Waals surface area contributed by atoms with Crippen molar-refractivity contribution < 1.29 is 28.0 Å². The van der Waals surface area contributed by atoms with Gasteiger partial charge in [-0.3, -0.25) is 10.1 Å². The lowest BCUT2D eigenvalue weighted by Gasteiger charge is -2.07. The number of nitro groups is 1. The third-order valence-corrected chi connectivity index (χ3v) is 2.50. The van der Waals surface area contributed by atoms with Crippen LogP contribution in [0.5, 0.6) is 11.5 Å². The molecule has 2 rings (SSSR count). The number of nitrogens with zero attached hydrogens (tertiary/aromatic N) is 1. The fourth-order valence-electron chi connectivity index (χ4n) is 1.57. The van der Waals surface area contributed by atoms with Crippen molar-refractivity contribution in [2.24, 2.45) is 0 Å². The van der Waals surface area contributed by atoms with Gasteiger partial charge >= 0.3 is 11.7 Å². The molecule has 0 unspecified atom stereocenters. The van der Waals surface area contributed by atoms with Gasteiger partial charge in [-0.2, -0.15) is 0 Å². The van der Waals surface area contributed by atoms with E-state index in [4.69, 9.17) is 9.47 Å². The number of nitro benzene ring substituents is 1. The number of benzene rings is 2. The largest absolute Gasteiger partial charge is 0.482 e. The number of halogens is 2. The summed E-state index contributed by atoms with van der Waals surface area (Å²) in [5.41, 5.74) is -0.555. The minimum absolute atomic E-state index is 0.0886. The molecule has 0 bridgehead atoms. The van der Waals surface area contributed by atoms with Crippen molar-refractivity contribution in [2.45, 2.75) is 0 Å². The van der Waals surface area contributed by atoms with Crippen molar-refractivity contribution in [1.29, 1.82) is 0 Å². The molecule has 0 saturated carbocycles. The first-order valence-corrected chi connectivity index (χ1v) is 5.98. The van der Waals surface area contributed by atoms with Gasteiger partial charge in [0.1, 0.15) is 17.4 Å². The molecule has 0 radical (unpaired) electrons. The normalized spacial score (nSPS) is 10.1. The standard InChI is InChI=1S/C14H9F2NO5/c15-9-2-1-3-11(6-9)21-8-14(18)22-13-7-10(16)4-5-12(13)17(19)20/h1-7H,8H2. The van der Waals surface area contributed by atoms with E-state index in [-0.39, 0.29) is 5.75 Å². The third-order valence-electron chi connectivity index (χ3n) is 2.50. The van der Waals surface area contributed by atoms with Crippen LogP contribution in [0.4, 0.5) is 14.5 Å². The number of hydrogen-bond donors (Lipinski definition) is 0. The summed E-state index contributed by atoms with van der Waals surface area (Å²) in [7, 11) is 0. The highest BCUT2D eigenvalue weighted by Gasteiger charge is 2.19. The molecule has 0 aliphatic rings. The first-order chi connectivity index (χ1) is 10.5. The van der Waals surface area contributed by atoms with Gasteiger partial charge in [0.05, 0.1) is 4.92 Å². The van der Waals surface area contributed by atoms with Gasteiger partial charge in [-0.1, -0.05) is 6.07 Å². The van der Waals surface area contributed by atoms with Crippen LogP contribution in [0.1, 0.15) is 0 Å². The summed E-state index contributed by atoms with van der Waals surface area (Å²) >= 11 is 0. The molecule has 0 aliphatic heterocycles. The molecule has 0 heterocycles. The van der Waals surface area contributed by atoms with E-state index in [1.807, 2.05) is 0 Å². The second-order valence-corrected chi connectivity index (χ2v) is 4.09. The Labute approximate surface area is 123 Å². The third kappa shape index (κ3) is 3.98. The van der Waals surface area contributed by atoms with Crippen molar-refractivity contribution in [2.75, 3.05) is 6.61 Å². The highest BCUT2D eigenvalue weighted by atomic mass is 19.1. The van der Waals surface area contributed by atoms with Crippen LogP contribution >= 0.6 is 0 Å². The summed E-state index contributed by atoms with van der Waals surface area (Å²) in [6.07, 6.45) is 0. The first-order valence-electron chi connectivity index (χ1n) is 5.98. The maximum atomic E-state index is 13.1. The first kappa shape index (κ1) is 15.4. The van der Waals surface area contributed by atoms with Crippen LogP contribution in [0.3, 0.4) is 0 Å². The minimum Gasteiger partial charge on any atom is -0.482 e. The predicted octanol–water partition coefficient (Wildman–Crippen LogP) is 2.86. The highest BCUT2D eigenvalue weighted by molar-refractivity contribution is 5.75. The molecule has 114 valence electrons. The lowest BCUT2D eigenvalue weighted by Crippen LogP contribution is -2.18. The molecule has 0 N–H and O–H groups in total. The van der Waals surface area contributed by atoms with Gasteiger partial charge in [-0.25, -0.2) is 13.6 Å². The Hall–Kier alpha value is -3.03. The Kier molecular flexibility index (Phi) is 4.62. The molecule has 2 aromatic rings. The Bertz CT molecular complexity index is 720. The molecule has 0 aliphatic carbocycles. The molecule has 0 saturated heterocycles. The number of carbonyl (C=O) groups excluding carboxylic acids is 1. The summed E-state index contributed by atoms with van der Waals surface area (Å²) in [6, 6.07) is 7.52. The maximum absolute atomic E-state index is 13.1. The molecule has 0 spiro atoms. The second-order valence-electron chi connectivity index (χ2n) is 4.09. The van der Waals surface area contributed by atoms with Crippen LogP contribution in [0.25, 0.3) is 0 Å². The van der Waals surface area contributed by atoms with Crippen molar-refractivity contribution >= 4 is 11.7 Å². The predicted molar refractivity (Wildman–Crippen MR) is 70.6 cm³/mol. The van der Waals surface area contributed by atoms with Crippen LogP contribution in [0.2, 0.25) is 0 Å². The zero-order valence-corrected chi connectivity index (χ0v) is 11.0. The van der Waals surface area contributed by atoms with Gasteiger partial charge in [0, 0.05) is 18.2 Å². The van der Waals surface area contributed by atoms with Gasteiger partial charge < -0.3 is 9.47 Å². The van der Waals surface area contributed by atoms with E-state index < -0.39 is 40.6 Å². The van der Waals surface area contributed by atoms with E-state index in [2.05, 4.69) is 0 Å². The van der Waals surface area contributed by atoms with Crippen molar-refractivity contribution in [3.63, 3.8) is 0 Å². The average Bonchev–Trinajstić information content (AvgIpc) is 2.45. The fourth-order valence-corrected chi connectivity index (χ4v) is 1.57. The topological polar surface area (TPSA) is 78.7 Å². The molecule has 0 amide bonds. The van der Waals surface area contributed by atoms with Gasteiger partial charge in [0.25, 0.3) is 0 Å². The monoisotopic (exact) mass is 309 g/mol. The van der Waals surface area contributed by atoms with Crippen LogP contribution in [0.15, 0.2) is 42.5 Å². The fraction of sp³-hybridized carbons (Fsp3) is 0.0714. The molecular weight excluding hydrogens is 300 g/mol. The lowest BCUT2D eigenvalue weighted by atomic mass is 10.3. The molecule has 0 aromatic heterocycles. The summed E-state index contributed by atoms with van der Waals surface area (Å²) in [5.74, 6) is -2.77. The summed E-state index contributed by atoms with van der Waals surface area (Å²) < 4.78 is 35.7. The number of hydrogen-bond acceptors (Lipinski definition) is 5. The number of esters is 1. The van der Waals surface area contributed by atoms with E-state index in [0.717, 1.165) is 24.3 Å². The summed E-state index contributed by atoms with van der Waals surface area (Å²) in [5, 5.41) is 10.8. The highest BCUT2D eigenvalue weighted by Crippen LogP contribution is 2.27. The lowest BCUT2D eigenvalue weighted by molar-refractivity contribution is -0.385. The number of ether oxygens (including phenoxy) is 2. The van der Waals surface area contributed by atoms with Gasteiger partial charge in [0.15, 0.2) is 6.61 Å². The van der Waals surface area contributed by atoms with Crippen molar-refractivity contribution in [3.8, 4) is 11.5 Å². The van der Waals surface area contributed by atoms with E-state index >= 15 is 0 Å². The Morgan fingerprint density at radius 1 is 1.14 bits per heavy atom. The SMILES string of the molecule is O=C(COc1cccc(F)c1)Oc1cc(F)ccc1[N+](=O)[O-]. The number of carbonyl (C=O) groups is 1. The summed E-state index contributed by atoms with van der Waals surface area (Å²) in [6.45, 7) is -0.614. The maximum Gasteiger partial charge on any atom is 0.349 e. The van der Waals surface area contributed by atoms with Crippen LogP contribution in [-0.4, -0.2) is 17.5 Å². The molecule has 0 atom stereocenters. The Morgan fingerprint density at radius 3 is 2.55 bits per heavy atom. The zero-order valence-electron chi connectivity index (χ0n) is 11.0. The van der Waals surface area contributed by atoms with Crippen LogP contribution < -0.4 is 9.47 Å². The van der Waals surface area contributed by atoms with Gasteiger partial charge in [-0.15, -0.1) is 0 Å². The smallest absolute Gasteiger partial charge is 0.349 e. The van der Waals surface area contributed by atoms with Crippen molar-refractivity contribution in [3.05, 3.63) is 64.2 Å². The zero-order chi connectivity index (χ0) is 16.1. The average molecular weight is 309 g/mol. The molecule has 8 heteroatoms. The minimum atomic E-state index is -0.988.